The van der Waals surface area contributed by atoms with Crippen molar-refractivity contribution in [2.45, 2.75) is 12.8 Å². The van der Waals surface area contributed by atoms with Gasteiger partial charge in [0.15, 0.2) is 0 Å². The van der Waals surface area contributed by atoms with E-state index in [1.165, 1.54) is 24.3 Å². The van der Waals surface area contributed by atoms with Gasteiger partial charge in [-0.15, -0.1) is 0 Å². The van der Waals surface area contributed by atoms with Crippen LogP contribution in [0.1, 0.15) is 28.4 Å². The minimum Gasteiger partial charge on any atom is -0.362 e. The molecular weight excluding hydrogens is 434 g/mol. The van der Waals surface area contributed by atoms with E-state index in [-0.39, 0.29) is 17.4 Å². The second-order valence-corrected chi connectivity index (χ2v) is 8.34. The van der Waals surface area contributed by atoms with Gasteiger partial charge in [0.05, 0.1) is 11.6 Å². The Labute approximate surface area is 173 Å². The summed E-state index contributed by atoms with van der Waals surface area (Å²) in [5.74, 6) is -0.507. The SMILES string of the molecule is Cc1cccc(C(c2ccc(OS(=O)(=O)O)cc2)c2ccc(OS(=O)(=O)O)cc2)n1. The first kappa shape index (κ1) is 21.7. The maximum Gasteiger partial charge on any atom is 0.446 e. The molecule has 0 atom stereocenters. The zero-order valence-electron chi connectivity index (χ0n) is 15.5. The molecule has 3 aromatic rings. The van der Waals surface area contributed by atoms with Gasteiger partial charge >= 0.3 is 20.8 Å². The van der Waals surface area contributed by atoms with E-state index in [9.17, 15) is 16.8 Å². The van der Waals surface area contributed by atoms with E-state index in [0.717, 1.165) is 16.8 Å². The molecule has 30 heavy (non-hydrogen) atoms. The van der Waals surface area contributed by atoms with Crippen LogP contribution in [0.4, 0.5) is 0 Å². The molecule has 0 spiro atoms. The van der Waals surface area contributed by atoms with Crippen molar-refractivity contribution in [3.05, 3.63) is 89.2 Å². The molecule has 0 aliphatic carbocycles. The molecule has 3 rings (SSSR count). The summed E-state index contributed by atoms with van der Waals surface area (Å²) in [4.78, 5) is 4.56. The van der Waals surface area contributed by atoms with E-state index in [0.29, 0.717) is 5.69 Å². The van der Waals surface area contributed by atoms with Crippen LogP contribution < -0.4 is 8.37 Å². The Kier molecular flexibility index (Phi) is 6.08. The second kappa shape index (κ2) is 8.40. The normalized spacial score (nSPS) is 12.0. The van der Waals surface area contributed by atoms with Crippen molar-refractivity contribution in [3.63, 3.8) is 0 Å². The van der Waals surface area contributed by atoms with Crippen LogP contribution in [0, 0.1) is 6.92 Å². The van der Waals surface area contributed by atoms with Gasteiger partial charge in [0, 0.05) is 5.69 Å². The van der Waals surface area contributed by atoms with Crippen LogP contribution in [0.25, 0.3) is 0 Å². The maximum atomic E-state index is 10.9. The van der Waals surface area contributed by atoms with Crippen LogP contribution >= 0.6 is 0 Å². The third kappa shape index (κ3) is 6.00. The average Bonchev–Trinajstić information content (AvgIpc) is 2.62. The third-order valence-corrected chi connectivity index (χ3v) is 4.84. The quantitative estimate of drug-likeness (QED) is 0.519. The number of hydrogen-bond donors (Lipinski definition) is 2. The zero-order chi connectivity index (χ0) is 21.9. The molecule has 0 fully saturated rings. The monoisotopic (exact) mass is 451 g/mol. The number of hydrogen-bond acceptors (Lipinski definition) is 7. The van der Waals surface area contributed by atoms with Crippen LogP contribution in [0.2, 0.25) is 0 Å². The fraction of sp³-hybridized carbons (Fsp3) is 0.105. The van der Waals surface area contributed by atoms with Gasteiger partial charge in [0.1, 0.15) is 11.5 Å². The van der Waals surface area contributed by atoms with Crippen molar-refractivity contribution in [1.29, 1.82) is 0 Å². The Morgan fingerprint density at radius 2 is 1.17 bits per heavy atom. The zero-order valence-corrected chi connectivity index (χ0v) is 17.2. The number of aryl methyl sites for hydroxylation is 1. The molecule has 1 heterocycles. The fourth-order valence-electron chi connectivity index (χ4n) is 2.93. The molecule has 158 valence electrons. The van der Waals surface area contributed by atoms with Crippen molar-refractivity contribution in [3.8, 4) is 11.5 Å². The summed E-state index contributed by atoms with van der Waals surface area (Å²) in [5, 5.41) is 0. The van der Waals surface area contributed by atoms with Gasteiger partial charge in [-0.1, -0.05) is 30.3 Å². The standard InChI is InChI=1S/C19H17NO8S2/c1-13-3-2-4-18(20-13)19(14-5-9-16(10-6-14)27-29(21,22)23)15-7-11-17(12-8-15)28-30(24,25)26/h2-12,19H,1H3,(H,21,22,23)(H,24,25,26). The summed E-state index contributed by atoms with van der Waals surface area (Å²) >= 11 is 0. The number of pyridine rings is 1. The highest BCUT2D eigenvalue weighted by Gasteiger charge is 2.20. The Bertz CT molecular complexity index is 1160. The van der Waals surface area contributed by atoms with Crippen molar-refractivity contribution < 1.29 is 34.3 Å². The van der Waals surface area contributed by atoms with Crippen LogP contribution in [0.3, 0.4) is 0 Å². The van der Waals surface area contributed by atoms with Crippen molar-refractivity contribution in [2.24, 2.45) is 0 Å². The summed E-state index contributed by atoms with van der Waals surface area (Å²) in [7, 11) is -9.27. The lowest BCUT2D eigenvalue weighted by atomic mass is 9.88. The molecule has 0 bridgehead atoms. The number of benzene rings is 2. The van der Waals surface area contributed by atoms with Gasteiger partial charge in [-0.2, -0.15) is 16.8 Å². The van der Waals surface area contributed by atoms with Crippen molar-refractivity contribution in [2.75, 3.05) is 0 Å². The molecular formula is C19H17NO8S2. The molecule has 0 amide bonds. The van der Waals surface area contributed by atoms with E-state index in [1.54, 1.807) is 24.3 Å². The molecule has 1 aromatic heterocycles. The van der Waals surface area contributed by atoms with Crippen LogP contribution in [0.5, 0.6) is 11.5 Å². The van der Waals surface area contributed by atoms with Gasteiger partial charge in [-0.05, 0) is 54.4 Å². The Morgan fingerprint density at radius 1 is 0.733 bits per heavy atom. The highest BCUT2D eigenvalue weighted by molar-refractivity contribution is 7.81. The van der Waals surface area contributed by atoms with E-state index >= 15 is 0 Å². The molecule has 0 aliphatic rings. The summed E-state index contributed by atoms with van der Waals surface area (Å²) in [5.41, 5.74) is 2.95. The summed E-state index contributed by atoms with van der Waals surface area (Å²) in [6.07, 6.45) is 0. The lowest BCUT2D eigenvalue weighted by Gasteiger charge is -2.19. The molecule has 0 radical (unpaired) electrons. The molecule has 2 aromatic carbocycles. The van der Waals surface area contributed by atoms with Gasteiger partial charge in [-0.3, -0.25) is 14.1 Å². The van der Waals surface area contributed by atoms with E-state index in [1.807, 2.05) is 25.1 Å². The molecule has 11 heteroatoms. The highest BCUT2D eigenvalue weighted by Crippen LogP contribution is 2.33. The van der Waals surface area contributed by atoms with Gasteiger partial charge < -0.3 is 8.37 Å². The molecule has 0 aliphatic heterocycles. The topological polar surface area (TPSA) is 140 Å². The largest absolute Gasteiger partial charge is 0.446 e. The minimum atomic E-state index is -4.64. The van der Waals surface area contributed by atoms with E-state index < -0.39 is 20.8 Å². The predicted octanol–water partition coefficient (Wildman–Crippen LogP) is 2.93. The van der Waals surface area contributed by atoms with Crippen molar-refractivity contribution in [1.82, 2.24) is 4.98 Å². The van der Waals surface area contributed by atoms with Crippen LogP contribution in [0.15, 0.2) is 66.7 Å². The van der Waals surface area contributed by atoms with Crippen LogP contribution in [-0.4, -0.2) is 30.9 Å². The molecule has 9 nitrogen and oxygen atoms in total. The molecule has 0 saturated carbocycles. The lowest BCUT2D eigenvalue weighted by molar-refractivity contribution is 0.384. The number of nitrogens with zero attached hydrogens (tertiary/aromatic N) is 1. The van der Waals surface area contributed by atoms with Gasteiger partial charge in [0.2, 0.25) is 0 Å². The Hall–Kier alpha value is -2.99. The molecule has 0 saturated heterocycles. The smallest absolute Gasteiger partial charge is 0.362 e. The summed E-state index contributed by atoms with van der Waals surface area (Å²) < 4.78 is 70.0. The maximum absolute atomic E-state index is 10.9. The highest BCUT2D eigenvalue weighted by atomic mass is 32.3. The van der Waals surface area contributed by atoms with E-state index in [4.69, 9.17) is 9.11 Å². The Balaban J connectivity index is 2.01. The average molecular weight is 451 g/mol. The predicted molar refractivity (Wildman–Crippen MR) is 107 cm³/mol. The molecule has 0 unspecified atom stereocenters. The number of rotatable bonds is 7. The second-order valence-electron chi connectivity index (χ2n) is 6.30. The minimum absolute atomic E-state index is 0.0610. The fourth-order valence-corrected chi connectivity index (χ4v) is 3.64. The molecule has 2 N–H and O–H groups in total. The van der Waals surface area contributed by atoms with Crippen molar-refractivity contribution >= 4 is 20.8 Å². The van der Waals surface area contributed by atoms with Crippen LogP contribution in [-0.2, 0) is 20.8 Å². The number of aromatic nitrogens is 1. The Morgan fingerprint density at radius 3 is 1.53 bits per heavy atom. The van der Waals surface area contributed by atoms with Gasteiger partial charge in [0.25, 0.3) is 0 Å². The first-order valence-corrected chi connectivity index (χ1v) is 11.2. The summed E-state index contributed by atoms with van der Waals surface area (Å²) in [6.45, 7) is 1.84. The summed E-state index contributed by atoms with van der Waals surface area (Å²) in [6, 6.07) is 17.6. The lowest BCUT2D eigenvalue weighted by Crippen LogP contribution is -2.09. The van der Waals surface area contributed by atoms with Gasteiger partial charge in [-0.25, -0.2) is 0 Å². The first-order valence-electron chi connectivity index (χ1n) is 8.47. The third-order valence-electron chi connectivity index (χ3n) is 4.04. The van der Waals surface area contributed by atoms with E-state index in [2.05, 4.69) is 13.4 Å². The first-order chi connectivity index (χ1) is 14.0.